The lowest BCUT2D eigenvalue weighted by atomic mass is 9.93. The molecular formula is C18H28N2O2S. The molecule has 1 fully saturated rings. The van der Waals surface area contributed by atoms with Crippen LogP contribution in [0.15, 0.2) is 29.2 Å². The largest absolute Gasteiger partial charge is 0.497 e. The third-order valence-corrected chi connectivity index (χ3v) is 5.43. The van der Waals surface area contributed by atoms with E-state index in [0.29, 0.717) is 12.3 Å². The van der Waals surface area contributed by atoms with Gasteiger partial charge in [-0.1, -0.05) is 0 Å². The number of rotatable bonds is 8. The molecular weight excluding hydrogens is 308 g/mol. The van der Waals surface area contributed by atoms with Crippen LogP contribution < -0.4 is 10.1 Å². The molecule has 0 bridgehead atoms. The van der Waals surface area contributed by atoms with Crippen molar-refractivity contribution in [2.45, 2.75) is 30.6 Å². The van der Waals surface area contributed by atoms with Crippen molar-refractivity contribution in [3.05, 3.63) is 24.3 Å². The molecule has 0 aromatic heterocycles. The van der Waals surface area contributed by atoms with Crippen molar-refractivity contribution in [2.24, 2.45) is 5.92 Å². The lowest BCUT2D eigenvalue weighted by Gasteiger charge is -2.32. The maximum Gasteiger partial charge on any atom is 0.223 e. The van der Waals surface area contributed by atoms with E-state index in [1.807, 2.05) is 36.2 Å². The van der Waals surface area contributed by atoms with Gasteiger partial charge in [0.05, 0.1) is 7.11 Å². The van der Waals surface area contributed by atoms with Gasteiger partial charge in [0, 0.05) is 30.2 Å². The highest BCUT2D eigenvalue weighted by molar-refractivity contribution is 7.99. The van der Waals surface area contributed by atoms with Crippen LogP contribution in [0.1, 0.15) is 25.7 Å². The number of likely N-dealkylation sites (tertiary alicyclic amines) is 1. The third kappa shape index (κ3) is 6.07. The molecule has 23 heavy (non-hydrogen) atoms. The summed E-state index contributed by atoms with van der Waals surface area (Å²) < 4.78 is 5.15. The van der Waals surface area contributed by atoms with Gasteiger partial charge in [0.15, 0.2) is 0 Å². The summed E-state index contributed by atoms with van der Waals surface area (Å²) >= 11 is 1.73. The Morgan fingerprint density at radius 3 is 2.61 bits per heavy atom. The lowest BCUT2D eigenvalue weighted by Crippen LogP contribution is -2.39. The minimum Gasteiger partial charge on any atom is -0.497 e. The fraction of sp³-hybridized carbons (Fsp3) is 0.611. The maximum atomic E-state index is 12.3. The highest BCUT2D eigenvalue weighted by Gasteiger charge is 2.21. The van der Waals surface area contributed by atoms with Crippen molar-refractivity contribution in [2.75, 3.05) is 39.5 Å². The predicted octanol–water partition coefficient (Wildman–Crippen LogP) is 3.03. The minimum absolute atomic E-state index is 0.304. The lowest BCUT2D eigenvalue weighted by molar-refractivity contribution is -0.132. The second kappa shape index (κ2) is 9.83. The number of carbonyl (C=O) groups excluding carboxylic acids is 1. The quantitative estimate of drug-likeness (QED) is 0.741. The number of ether oxygens (including phenoxy) is 1. The first kappa shape index (κ1) is 18.1. The number of carbonyl (C=O) groups is 1. The molecule has 1 saturated heterocycles. The van der Waals surface area contributed by atoms with Crippen molar-refractivity contribution in [1.82, 2.24) is 10.2 Å². The van der Waals surface area contributed by atoms with E-state index in [9.17, 15) is 4.79 Å². The highest BCUT2D eigenvalue weighted by Crippen LogP contribution is 2.23. The summed E-state index contributed by atoms with van der Waals surface area (Å²) in [6.07, 6.45) is 4.15. The Balaban J connectivity index is 1.65. The number of nitrogens with zero attached hydrogens (tertiary/aromatic N) is 1. The predicted molar refractivity (Wildman–Crippen MR) is 96.2 cm³/mol. The van der Waals surface area contributed by atoms with Gasteiger partial charge < -0.3 is 15.0 Å². The molecule has 2 rings (SSSR count). The van der Waals surface area contributed by atoms with Crippen LogP contribution in [0.3, 0.4) is 0 Å². The number of methoxy groups -OCH3 is 1. The number of hydrogen-bond acceptors (Lipinski definition) is 4. The van der Waals surface area contributed by atoms with E-state index < -0.39 is 0 Å². The Hall–Kier alpha value is -1.20. The van der Waals surface area contributed by atoms with E-state index in [1.165, 1.54) is 11.3 Å². The zero-order chi connectivity index (χ0) is 16.5. The molecule has 0 radical (unpaired) electrons. The summed E-state index contributed by atoms with van der Waals surface area (Å²) in [5, 5.41) is 3.21. The van der Waals surface area contributed by atoms with E-state index in [2.05, 4.69) is 5.32 Å². The van der Waals surface area contributed by atoms with Gasteiger partial charge in [-0.05, 0) is 63.0 Å². The topological polar surface area (TPSA) is 41.6 Å². The number of piperidine rings is 1. The number of thioether (sulfide) groups is 1. The molecule has 0 aliphatic carbocycles. The van der Waals surface area contributed by atoms with Crippen LogP contribution >= 0.6 is 11.8 Å². The van der Waals surface area contributed by atoms with Crippen LogP contribution in [-0.4, -0.2) is 50.4 Å². The van der Waals surface area contributed by atoms with Crippen LogP contribution in [0.2, 0.25) is 0 Å². The van der Waals surface area contributed by atoms with Crippen molar-refractivity contribution in [3.63, 3.8) is 0 Å². The Kier molecular flexibility index (Phi) is 7.76. The third-order valence-electron chi connectivity index (χ3n) is 4.41. The van der Waals surface area contributed by atoms with Crippen molar-refractivity contribution < 1.29 is 9.53 Å². The van der Waals surface area contributed by atoms with Crippen molar-refractivity contribution >= 4 is 17.7 Å². The highest BCUT2D eigenvalue weighted by atomic mass is 32.2. The molecule has 0 unspecified atom stereocenters. The van der Waals surface area contributed by atoms with Gasteiger partial charge in [-0.15, -0.1) is 11.8 Å². The normalized spacial score (nSPS) is 15.7. The van der Waals surface area contributed by atoms with Gasteiger partial charge in [0.25, 0.3) is 0 Å². The van der Waals surface area contributed by atoms with Crippen LogP contribution in [0.5, 0.6) is 5.75 Å². The standard InChI is InChI=1S/C18H28N2O2S/c1-19-11-7-15-8-12-20(13-9-15)18(21)10-14-23-17-5-3-16(22-2)4-6-17/h3-6,15,19H,7-14H2,1-2H3. The van der Waals surface area contributed by atoms with Gasteiger partial charge in [-0.3, -0.25) is 4.79 Å². The summed E-state index contributed by atoms with van der Waals surface area (Å²) in [6, 6.07) is 8.00. The first-order chi connectivity index (χ1) is 11.2. The van der Waals surface area contributed by atoms with Crippen LogP contribution in [-0.2, 0) is 4.79 Å². The van der Waals surface area contributed by atoms with Gasteiger partial charge in [-0.25, -0.2) is 0 Å². The summed E-state index contributed by atoms with van der Waals surface area (Å²) in [6.45, 7) is 2.94. The molecule has 0 atom stereocenters. The fourth-order valence-corrected chi connectivity index (χ4v) is 3.75. The van der Waals surface area contributed by atoms with Gasteiger partial charge in [0.2, 0.25) is 5.91 Å². The molecule has 5 heteroatoms. The van der Waals surface area contributed by atoms with Crippen molar-refractivity contribution in [3.8, 4) is 5.75 Å². The molecule has 1 aliphatic heterocycles. The van der Waals surface area contributed by atoms with Gasteiger partial charge in [-0.2, -0.15) is 0 Å². The summed E-state index contributed by atoms with van der Waals surface area (Å²) in [4.78, 5) is 15.5. The monoisotopic (exact) mass is 336 g/mol. The molecule has 0 spiro atoms. The van der Waals surface area contributed by atoms with E-state index in [-0.39, 0.29) is 0 Å². The van der Waals surface area contributed by atoms with E-state index in [4.69, 9.17) is 4.74 Å². The fourth-order valence-electron chi connectivity index (χ4n) is 2.91. The Morgan fingerprint density at radius 1 is 1.30 bits per heavy atom. The molecule has 1 aromatic rings. The zero-order valence-electron chi connectivity index (χ0n) is 14.2. The Morgan fingerprint density at radius 2 is 2.00 bits per heavy atom. The van der Waals surface area contributed by atoms with Gasteiger partial charge in [0.1, 0.15) is 5.75 Å². The summed E-state index contributed by atoms with van der Waals surface area (Å²) in [5.74, 6) is 2.79. The molecule has 1 amide bonds. The van der Waals surface area contributed by atoms with E-state index in [1.54, 1.807) is 18.9 Å². The van der Waals surface area contributed by atoms with Crippen LogP contribution in [0.4, 0.5) is 0 Å². The first-order valence-electron chi connectivity index (χ1n) is 8.42. The number of nitrogens with one attached hydrogen (secondary N) is 1. The second-order valence-electron chi connectivity index (χ2n) is 5.99. The SMILES string of the molecule is CNCCC1CCN(C(=O)CCSc2ccc(OC)cc2)CC1. The molecule has 1 heterocycles. The molecule has 0 saturated carbocycles. The van der Waals surface area contributed by atoms with Crippen molar-refractivity contribution in [1.29, 1.82) is 0 Å². The van der Waals surface area contributed by atoms with E-state index >= 15 is 0 Å². The number of amides is 1. The summed E-state index contributed by atoms with van der Waals surface area (Å²) in [5.41, 5.74) is 0. The van der Waals surface area contributed by atoms with Crippen LogP contribution in [0.25, 0.3) is 0 Å². The van der Waals surface area contributed by atoms with Gasteiger partial charge >= 0.3 is 0 Å². The zero-order valence-corrected chi connectivity index (χ0v) is 15.0. The second-order valence-corrected chi connectivity index (χ2v) is 7.16. The maximum absolute atomic E-state index is 12.3. The minimum atomic E-state index is 0.304. The first-order valence-corrected chi connectivity index (χ1v) is 9.40. The number of benzene rings is 1. The Labute approximate surface area is 144 Å². The average Bonchev–Trinajstić information content (AvgIpc) is 2.61. The molecule has 1 aromatic carbocycles. The molecule has 1 N–H and O–H groups in total. The molecule has 4 nitrogen and oxygen atoms in total. The molecule has 128 valence electrons. The smallest absolute Gasteiger partial charge is 0.223 e. The van der Waals surface area contributed by atoms with Crippen LogP contribution in [0, 0.1) is 5.92 Å². The average molecular weight is 337 g/mol. The summed E-state index contributed by atoms with van der Waals surface area (Å²) in [7, 11) is 3.67. The molecule has 1 aliphatic rings. The Bertz CT molecular complexity index is 470. The van der Waals surface area contributed by atoms with E-state index in [0.717, 1.165) is 49.9 Å². The number of hydrogen-bond donors (Lipinski definition) is 1.